The molecule has 0 unspecified atom stereocenters. The largest absolute Gasteiger partial charge is 0.468 e. The molecule has 0 aliphatic rings. The van der Waals surface area contributed by atoms with E-state index >= 15 is 0 Å². The van der Waals surface area contributed by atoms with Crippen molar-refractivity contribution in [1.82, 2.24) is 4.90 Å². The Balaban J connectivity index is 3.49. The van der Waals surface area contributed by atoms with Gasteiger partial charge in [0.2, 0.25) is 0 Å². The van der Waals surface area contributed by atoms with E-state index in [1.165, 1.54) is 7.11 Å². The number of rotatable bonds is 4. The molecule has 0 radical (unpaired) electrons. The lowest BCUT2D eigenvalue weighted by Gasteiger charge is -2.12. The van der Waals surface area contributed by atoms with E-state index in [1.54, 1.807) is 6.92 Å². The smallest absolute Gasteiger partial charge is 0.319 e. The highest BCUT2D eigenvalue weighted by Crippen LogP contribution is 1.86. The Labute approximate surface area is 73.7 Å². The van der Waals surface area contributed by atoms with Crippen molar-refractivity contribution in [2.24, 2.45) is 0 Å². The molecule has 0 saturated heterocycles. The molecule has 0 aliphatic carbocycles. The fraction of sp³-hybridized carbons (Fsp3) is 0.667. The zero-order valence-electron chi connectivity index (χ0n) is 7.89. The summed E-state index contributed by atoms with van der Waals surface area (Å²) in [7, 11) is 3.26. The number of hydrogen-bond donors (Lipinski definition) is 0. The summed E-state index contributed by atoms with van der Waals surface area (Å²) in [6, 6.07) is 0. The van der Waals surface area contributed by atoms with Crippen LogP contribution in [0.2, 0.25) is 0 Å². The summed E-state index contributed by atoms with van der Waals surface area (Å²) in [4.78, 5) is 12.6. The summed E-state index contributed by atoms with van der Waals surface area (Å²) < 4.78 is 4.51. The lowest BCUT2D eigenvalue weighted by Crippen LogP contribution is -2.27. The van der Waals surface area contributed by atoms with Crippen LogP contribution >= 0.6 is 0 Å². The third-order valence-corrected chi connectivity index (χ3v) is 1.42. The second-order valence-corrected chi connectivity index (χ2v) is 2.49. The minimum absolute atomic E-state index is 0.207. The van der Waals surface area contributed by atoms with Crippen molar-refractivity contribution in [1.29, 1.82) is 0 Å². The zero-order chi connectivity index (χ0) is 9.40. The van der Waals surface area contributed by atoms with Gasteiger partial charge in [-0.05, 0) is 14.0 Å². The molecule has 0 aromatic heterocycles. The fourth-order valence-corrected chi connectivity index (χ4v) is 0.736. The Kier molecular flexibility index (Phi) is 6.12. The quantitative estimate of drug-likeness (QED) is 0.453. The number of likely N-dealkylation sites (N-methyl/N-ethyl adjacent to an activating group) is 1. The van der Waals surface area contributed by atoms with Crippen molar-refractivity contribution < 1.29 is 9.53 Å². The Morgan fingerprint density at radius 3 is 2.75 bits per heavy atom. The van der Waals surface area contributed by atoms with Crippen LogP contribution in [0, 0.1) is 11.8 Å². The molecule has 0 fully saturated rings. The molecule has 3 nitrogen and oxygen atoms in total. The molecule has 0 rings (SSSR count). The minimum atomic E-state index is -0.207. The topological polar surface area (TPSA) is 29.5 Å². The van der Waals surface area contributed by atoms with Crippen molar-refractivity contribution in [3.05, 3.63) is 0 Å². The summed E-state index contributed by atoms with van der Waals surface area (Å²) in [6.07, 6.45) is 0.796. The van der Waals surface area contributed by atoms with E-state index < -0.39 is 0 Å². The molecule has 0 aliphatic heterocycles. The molecule has 12 heavy (non-hydrogen) atoms. The monoisotopic (exact) mass is 169 g/mol. The Bertz CT molecular complexity index is 190. The summed E-state index contributed by atoms with van der Waals surface area (Å²) in [5, 5.41) is 0. The van der Waals surface area contributed by atoms with Gasteiger partial charge in [-0.2, -0.15) is 0 Å². The van der Waals surface area contributed by atoms with E-state index in [0.717, 1.165) is 13.0 Å². The molecule has 0 aromatic carbocycles. The van der Waals surface area contributed by atoms with Gasteiger partial charge in [-0.25, -0.2) is 0 Å². The molecule has 68 valence electrons. The first-order chi connectivity index (χ1) is 5.70. The van der Waals surface area contributed by atoms with Gasteiger partial charge < -0.3 is 4.74 Å². The van der Waals surface area contributed by atoms with Crippen molar-refractivity contribution in [2.75, 3.05) is 27.2 Å². The highest BCUT2D eigenvalue weighted by molar-refractivity contribution is 5.71. The van der Waals surface area contributed by atoms with Gasteiger partial charge in [0.05, 0.1) is 13.7 Å². The lowest BCUT2D eigenvalue weighted by molar-refractivity contribution is -0.141. The van der Waals surface area contributed by atoms with Gasteiger partial charge >= 0.3 is 5.97 Å². The highest BCUT2D eigenvalue weighted by atomic mass is 16.5. The van der Waals surface area contributed by atoms with Gasteiger partial charge in [-0.15, -0.1) is 11.8 Å². The number of methoxy groups -OCH3 is 1. The van der Waals surface area contributed by atoms with Crippen LogP contribution in [0.3, 0.4) is 0 Å². The van der Waals surface area contributed by atoms with Gasteiger partial charge in [-0.1, -0.05) is 0 Å². The Morgan fingerprint density at radius 2 is 2.25 bits per heavy atom. The number of nitrogens with zero attached hydrogens (tertiary/aromatic N) is 1. The Morgan fingerprint density at radius 1 is 1.58 bits per heavy atom. The van der Waals surface area contributed by atoms with Gasteiger partial charge in [0.15, 0.2) is 0 Å². The zero-order valence-corrected chi connectivity index (χ0v) is 7.89. The van der Waals surface area contributed by atoms with E-state index in [4.69, 9.17) is 0 Å². The molecule has 0 atom stereocenters. The van der Waals surface area contributed by atoms with Gasteiger partial charge in [0.25, 0.3) is 0 Å². The molecule has 3 heteroatoms. The summed E-state index contributed by atoms with van der Waals surface area (Å²) in [5.41, 5.74) is 0. The third-order valence-electron chi connectivity index (χ3n) is 1.42. The normalized spacial score (nSPS) is 9.00. The van der Waals surface area contributed by atoms with Gasteiger partial charge in [0.1, 0.15) is 0 Å². The SMILES string of the molecule is CC#CCCN(C)CC(=O)OC. The molecule has 0 amide bonds. The van der Waals surface area contributed by atoms with Crippen LogP contribution in [-0.2, 0) is 9.53 Å². The number of esters is 1. The molecular formula is C9H15NO2. The maximum atomic E-state index is 10.8. The standard InChI is InChI=1S/C9H15NO2/c1-4-5-6-7-10(2)8-9(11)12-3/h6-8H2,1-3H3. The lowest BCUT2D eigenvalue weighted by atomic mass is 10.4. The second-order valence-electron chi connectivity index (χ2n) is 2.49. The molecular weight excluding hydrogens is 154 g/mol. The van der Waals surface area contributed by atoms with Crippen LogP contribution < -0.4 is 0 Å². The van der Waals surface area contributed by atoms with Crippen LogP contribution in [0.25, 0.3) is 0 Å². The number of hydrogen-bond acceptors (Lipinski definition) is 3. The van der Waals surface area contributed by atoms with Crippen molar-refractivity contribution in [2.45, 2.75) is 13.3 Å². The second kappa shape index (κ2) is 6.68. The van der Waals surface area contributed by atoms with E-state index in [2.05, 4.69) is 16.6 Å². The van der Waals surface area contributed by atoms with Crippen molar-refractivity contribution in [3.8, 4) is 11.8 Å². The van der Waals surface area contributed by atoms with Crippen LogP contribution in [0.15, 0.2) is 0 Å². The first-order valence-corrected chi connectivity index (χ1v) is 3.85. The third kappa shape index (κ3) is 5.75. The highest BCUT2D eigenvalue weighted by Gasteiger charge is 2.03. The number of ether oxygens (including phenoxy) is 1. The molecule has 0 heterocycles. The molecule has 0 spiro atoms. The van der Waals surface area contributed by atoms with Crippen LogP contribution in [0.4, 0.5) is 0 Å². The van der Waals surface area contributed by atoms with E-state index in [-0.39, 0.29) is 5.97 Å². The number of carbonyl (C=O) groups is 1. The van der Waals surface area contributed by atoms with Crippen LogP contribution in [-0.4, -0.2) is 38.1 Å². The van der Waals surface area contributed by atoms with E-state index in [9.17, 15) is 4.79 Å². The van der Waals surface area contributed by atoms with Gasteiger partial charge in [-0.3, -0.25) is 9.69 Å². The average Bonchev–Trinajstić information content (AvgIpc) is 2.05. The van der Waals surface area contributed by atoms with Crippen LogP contribution in [0.1, 0.15) is 13.3 Å². The molecule has 0 saturated carbocycles. The van der Waals surface area contributed by atoms with E-state index in [1.807, 2.05) is 11.9 Å². The average molecular weight is 169 g/mol. The minimum Gasteiger partial charge on any atom is -0.468 e. The summed E-state index contributed by atoms with van der Waals surface area (Å²) in [6.45, 7) is 2.94. The van der Waals surface area contributed by atoms with Crippen LogP contribution in [0.5, 0.6) is 0 Å². The number of carbonyl (C=O) groups excluding carboxylic acids is 1. The van der Waals surface area contributed by atoms with Gasteiger partial charge in [0, 0.05) is 13.0 Å². The first-order valence-electron chi connectivity index (χ1n) is 3.85. The fourth-order valence-electron chi connectivity index (χ4n) is 0.736. The summed E-state index contributed by atoms with van der Waals surface area (Å²) in [5.74, 6) is 5.52. The molecule has 0 N–H and O–H groups in total. The molecule has 0 aromatic rings. The Hall–Kier alpha value is -1.01. The summed E-state index contributed by atoms with van der Waals surface area (Å²) >= 11 is 0. The van der Waals surface area contributed by atoms with Crippen molar-refractivity contribution >= 4 is 5.97 Å². The maximum Gasteiger partial charge on any atom is 0.319 e. The predicted octanol–water partition coefficient (Wildman–Crippen LogP) is 0.505. The molecule has 0 bridgehead atoms. The maximum absolute atomic E-state index is 10.8. The van der Waals surface area contributed by atoms with E-state index in [0.29, 0.717) is 6.54 Å². The first kappa shape index (κ1) is 11.0. The van der Waals surface area contributed by atoms with Crippen molar-refractivity contribution in [3.63, 3.8) is 0 Å². The predicted molar refractivity (Wildman–Crippen MR) is 47.6 cm³/mol.